The van der Waals surface area contributed by atoms with Crippen LogP contribution in [0.15, 0.2) is 0 Å². The molecule has 0 spiro atoms. The second kappa shape index (κ2) is 11.5. The van der Waals surface area contributed by atoms with Crippen LogP contribution in [0, 0.1) is 11.8 Å². The number of unbranched alkanes of at least 4 members (excludes halogenated alkanes) is 4. The SMILES string of the molecule is CCCCCCCC(CCC)OC(=O)C1CCCC(C(=O)O)C1. The number of aliphatic carboxylic acids is 1. The summed E-state index contributed by atoms with van der Waals surface area (Å²) in [5.41, 5.74) is 0. The molecule has 1 fully saturated rings. The summed E-state index contributed by atoms with van der Waals surface area (Å²) in [5, 5.41) is 9.14. The van der Waals surface area contributed by atoms with Crippen molar-refractivity contribution in [2.45, 2.75) is 97.0 Å². The van der Waals surface area contributed by atoms with Gasteiger partial charge < -0.3 is 9.84 Å². The topological polar surface area (TPSA) is 63.6 Å². The Morgan fingerprint density at radius 3 is 2.35 bits per heavy atom. The Kier molecular flexibility index (Phi) is 9.97. The lowest BCUT2D eigenvalue weighted by molar-refractivity contribution is -0.157. The molecule has 0 aromatic carbocycles. The molecule has 1 rings (SSSR count). The van der Waals surface area contributed by atoms with E-state index >= 15 is 0 Å². The standard InChI is InChI=1S/C19H34O4/c1-3-5-6-7-8-13-17(10-4-2)23-19(22)16-12-9-11-15(14-16)18(20)21/h15-17H,3-14H2,1-2H3,(H,20,21). The fourth-order valence-corrected chi connectivity index (χ4v) is 3.45. The highest BCUT2D eigenvalue weighted by molar-refractivity contribution is 5.75. The van der Waals surface area contributed by atoms with Gasteiger partial charge in [0.2, 0.25) is 0 Å². The molecule has 134 valence electrons. The van der Waals surface area contributed by atoms with Crippen LogP contribution in [0.1, 0.15) is 90.9 Å². The molecule has 0 bridgehead atoms. The predicted octanol–water partition coefficient (Wildman–Crippen LogP) is 4.95. The minimum absolute atomic E-state index is 0.0133. The Hall–Kier alpha value is -1.06. The van der Waals surface area contributed by atoms with Crippen molar-refractivity contribution in [3.05, 3.63) is 0 Å². The zero-order chi connectivity index (χ0) is 17.1. The van der Waals surface area contributed by atoms with Crippen molar-refractivity contribution in [1.82, 2.24) is 0 Å². The summed E-state index contributed by atoms with van der Waals surface area (Å²) in [6, 6.07) is 0. The highest BCUT2D eigenvalue weighted by Crippen LogP contribution is 2.30. The van der Waals surface area contributed by atoms with E-state index in [4.69, 9.17) is 9.84 Å². The van der Waals surface area contributed by atoms with Gasteiger partial charge in [-0.25, -0.2) is 0 Å². The molecule has 1 N–H and O–H groups in total. The van der Waals surface area contributed by atoms with Gasteiger partial charge in [-0.3, -0.25) is 9.59 Å². The number of ether oxygens (including phenoxy) is 1. The van der Waals surface area contributed by atoms with E-state index in [1.165, 1.54) is 25.7 Å². The summed E-state index contributed by atoms with van der Waals surface area (Å²) >= 11 is 0. The number of hydrogen-bond donors (Lipinski definition) is 1. The molecule has 3 unspecified atom stereocenters. The second-order valence-corrected chi connectivity index (χ2v) is 6.95. The first kappa shape index (κ1) is 20.0. The molecule has 1 aliphatic rings. The van der Waals surface area contributed by atoms with Crippen LogP contribution in [0.3, 0.4) is 0 Å². The van der Waals surface area contributed by atoms with Gasteiger partial charge in [-0.1, -0.05) is 52.4 Å². The first-order valence-corrected chi connectivity index (χ1v) is 9.51. The quantitative estimate of drug-likeness (QED) is 0.431. The zero-order valence-corrected chi connectivity index (χ0v) is 14.9. The summed E-state index contributed by atoms with van der Waals surface area (Å²) in [7, 11) is 0. The summed E-state index contributed by atoms with van der Waals surface area (Å²) in [4.78, 5) is 23.5. The van der Waals surface area contributed by atoms with Gasteiger partial charge in [-0.15, -0.1) is 0 Å². The lowest BCUT2D eigenvalue weighted by atomic mass is 9.81. The number of esters is 1. The van der Waals surface area contributed by atoms with Gasteiger partial charge in [-0.05, 0) is 38.5 Å². The summed E-state index contributed by atoms with van der Waals surface area (Å²) in [6.45, 7) is 4.31. The van der Waals surface area contributed by atoms with E-state index in [0.29, 0.717) is 12.8 Å². The summed E-state index contributed by atoms with van der Waals surface area (Å²) in [6.07, 6.45) is 11.7. The van der Waals surface area contributed by atoms with Crippen molar-refractivity contribution in [2.24, 2.45) is 11.8 Å². The summed E-state index contributed by atoms with van der Waals surface area (Å²) < 4.78 is 5.73. The predicted molar refractivity (Wildman–Crippen MR) is 91.2 cm³/mol. The van der Waals surface area contributed by atoms with E-state index in [1.54, 1.807) is 0 Å². The first-order chi connectivity index (χ1) is 11.1. The van der Waals surface area contributed by atoms with Gasteiger partial charge in [0.15, 0.2) is 0 Å². The van der Waals surface area contributed by atoms with Crippen LogP contribution in [-0.4, -0.2) is 23.1 Å². The average Bonchev–Trinajstić information content (AvgIpc) is 2.54. The molecule has 1 aliphatic carbocycles. The van der Waals surface area contributed by atoms with Crippen molar-refractivity contribution >= 4 is 11.9 Å². The second-order valence-electron chi connectivity index (χ2n) is 6.95. The molecule has 23 heavy (non-hydrogen) atoms. The number of rotatable bonds is 11. The maximum absolute atomic E-state index is 12.4. The van der Waals surface area contributed by atoms with Gasteiger partial charge in [0, 0.05) is 0 Å². The molecular formula is C19H34O4. The number of hydrogen-bond acceptors (Lipinski definition) is 3. The smallest absolute Gasteiger partial charge is 0.309 e. The zero-order valence-electron chi connectivity index (χ0n) is 14.9. The Labute approximate surface area is 141 Å². The molecule has 0 aromatic heterocycles. The molecule has 0 heterocycles. The molecule has 0 amide bonds. The van der Waals surface area contributed by atoms with Crippen LogP contribution in [-0.2, 0) is 14.3 Å². The lowest BCUT2D eigenvalue weighted by Crippen LogP contribution is -2.31. The van der Waals surface area contributed by atoms with Crippen molar-refractivity contribution in [3.8, 4) is 0 Å². The van der Waals surface area contributed by atoms with E-state index in [0.717, 1.165) is 38.5 Å². The fourth-order valence-electron chi connectivity index (χ4n) is 3.45. The minimum Gasteiger partial charge on any atom is -0.481 e. The molecule has 1 saturated carbocycles. The highest BCUT2D eigenvalue weighted by atomic mass is 16.5. The van der Waals surface area contributed by atoms with Crippen LogP contribution >= 0.6 is 0 Å². The third kappa shape index (κ3) is 7.85. The normalized spacial score (nSPS) is 22.5. The Balaban J connectivity index is 2.38. The molecule has 4 heteroatoms. The van der Waals surface area contributed by atoms with Crippen molar-refractivity contribution in [3.63, 3.8) is 0 Å². The van der Waals surface area contributed by atoms with E-state index in [-0.39, 0.29) is 23.9 Å². The third-order valence-electron chi connectivity index (χ3n) is 4.88. The molecule has 0 radical (unpaired) electrons. The van der Waals surface area contributed by atoms with Crippen molar-refractivity contribution in [1.29, 1.82) is 0 Å². The van der Waals surface area contributed by atoms with E-state index in [2.05, 4.69) is 13.8 Å². The number of carboxylic acids is 1. The van der Waals surface area contributed by atoms with Crippen LogP contribution < -0.4 is 0 Å². The Morgan fingerprint density at radius 1 is 1.00 bits per heavy atom. The maximum Gasteiger partial charge on any atom is 0.309 e. The molecular weight excluding hydrogens is 292 g/mol. The molecule has 3 atom stereocenters. The van der Waals surface area contributed by atoms with Gasteiger partial charge in [-0.2, -0.15) is 0 Å². The number of carbonyl (C=O) groups is 2. The Morgan fingerprint density at radius 2 is 1.70 bits per heavy atom. The van der Waals surface area contributed by atoms with Gasteiger partial charge in [0.1, 0.15) is 6.10 Å². The van der Waals surface area contributed by atoms with Gasteiger partial charge in [0.05, 0.1) is 11.8 Å². The van der Waals surface area contributed by atoms with Crippen LogP contribution in [0.4, 0.5) is 0 Å². The monoisotopic (exact) mass is 326 g/mol. The number of carboxylic acid groups (broad SMARTS) is 1. The van der Waals surface area contributed by atoms with Crippen LogP contribution in [0.2, 0.25) is 0 Å². The van der Waals surface area contributed by atoms with E-state index in [1.807, 2.05) is 0 Å². The Bertz CT molecular complexity index is 353. The third-order valence-corrected chi connectivity index (χ3v) is 4.88. The van der Waals surface area contributed by atoms with E-state index < -0.39 is 5.97 Å². The van der Waals surface area contributed by atoms with Gasteiger partial charge in [0.25, 0.3) is 0 Å². The average molecular weight is 326 g/mol. The first-order valence-electron chi connectivity index (χ1n) is 9.51. The van der Waals surface area contributed by atoms with Crippen LogP contribution in [0.25, 0.3) is 0 Å². The highest BCUT2D eigenvalue weighted by Gasteiger charge is 2.32. The maximum atomic E-state index is 12.4. The van der Waals surface area contributed by atoms with Gasteiger partial charge >= 0.3 is 11.9 Å². The molecule has 0 saturated heterocycles. The summed E-state index contributed by atoms with van der Waals surface area (Å²) in [5.74, 6) is -1.53. The molecule has 0 aliphatic heterocycles. The van der Waals surface area contributed by atoms with Crippen molar-refractivity contribution in [2.75, 3.05) is 0 Å². The van der Waals surface area contributed by atoms with Crippen LogP contribution in [0.5, 0.6) is 0 Å². The number of carbonyl (C=O) groups excluding carboxylic acids is 1. The van der Waals surface area contributed by atoms with Crippen molar-refractivity contribution < 1.29 is 19.4 Å². The minimum atomic E-state index is -0.775. The van der Waals surface area contributed by atoms with E-state index in [9.17, 15) is 9.59 Å². The lowest BCUT2D eigenvalue weighted by Gasteiger charge is -2.27. The fraction of sp³-hybridized carbons (Fsp3) is 0.895. The molecule has 4 nitrogen and oxygen atoms in total. The molecule has 0 aromatic rings. The largest absolute Gasteiger partial charge is 0.481 e.